The zero-order valence-electron chi connectivity index (χ0n) is 12.8. The van der Waals surface area contributed by atoms with Crippen LogP contribution in [0.15, 0.2) is 40.9 Å². The Morgan fingerprint density at radius 2 is 2.26 bits per heavy atom. The molecule has 0 bridgehead atoms. The highest BCUT2D eigenvalue weighted by atomic mass is 32.2. The summed E-state index contributed by atoms with van der Waals surface area (Å²) in [6.07, 6.45) is 0.973. The van der Waals surface area contributed by atoms with Gasteiger partial charge >= 0.3 is 0 Å². The van der Waals surface area contributed by atoms with Crippen molar-refractivity contribution >= 4 is 40.0 Å². The maximum Gasteiger partial charge on any atom is 0.236 e. The molecule has 4 rings (SSSR count). The lowest BCUT2D eigenvalue weighted by Crippen LogP contribution is -2.39. The van der Waals surface area contributed by atoms with E-state index in [0.29, 0.717) is 0 Å². The Hall–Kier alpha value is -1.79. The van der Waals surface area contributed by atoms with Gasteiger partial charge in [0.1, 0.15) is 0 Å². The molecule has 0 fully saturated rings. The van der Waals surface area contributed by atoms with Crippen LogP contribution in [0.5, 0.6) is 0 Å². The first-order chi connectivity index (χ1) is 11.2. The van der Waals surface area contributed by atoms with E-state index in [0.717, 1.165) is 35.7 Å². The molecule has 2 aromatic heterocycles. The molecule has 1 aliphatic heterocycles. The van der Waals surface area contributed by atoms with Crippen molar-refractivity contribution in [2.75, 3.05) is 6.54 Å². The number of thioether (sulfide) groups is 1. The van der Waals surface area contributed by atoms with Crippen molar-refractivity contribution in [1.82, 2.24) is 14.9 Å². The number of aromatic amines is 1. The van der Waals surface area contributed by atoms with E-state index in [2.05, 4.69) is 21.4 Å². The van der Waals surface area contributed by atoms with Gasteiger partial charge in [-0.15, -0.1) is 11.3 Å². The molecule has 0 spiro atoms. The van der Waals surface area contributed by atoms with Crippen LogP contribution >= 0.6 is 23.1 Å². The van der Waals surface area contributed by atoms with Gasteiger partial charge in [-0.3, -0.25) is 4.79 Å². The molecule has 4 nitrogen and oxygen atoms in total. The molecule has 1 atom stereocenters. The topological polar surface area (TPSA) is 49.0 Å². The van der Waals surface area contributed by atoms with Crippen LogP contribution in [-0.4, -0.2) is 32.6 Å². The lowest BCUT2D eigenvalue weighted by Gasteiger charge is -2.29. The van der Waals surface area contributed by atoms with Gasteiger partial charge in [-0.25, -0.2) is 4.98 Å². The van der Waals surface area contributed by atoms with Crippen molar-refractivity contribution in [1.29, 1.82) is 0 Å². The van der Waals surface area contributed by atoms with Gasteiger partial charge in [0, 0.05) is 18.0 Å². The van der Waals surface area contributed by atoms with Gasteiger partial charge in [0.15, 0.2) is 5.16 Å². The zero-order valence-corrected chi connectivity index (χ0v) is 14.4. The minimum atomic E-state index is -0.143. The third-order valence-corrected chi connectivity index (χ3v) is 6.12. The van der Waals surface area contributed by atoms with E-state index < -0.39 is 0 Å². The molecule has 3 heterocycles. The maximum atomic E-state index is 12.7. The van der Waals surface area contributed by atoms with Crippen LogP contribution in [0.2, 0.25) is 0 Å². The quantitative estimate of drug-likeness (QED) is 0.738. The predicted molar refractivity (Wildman–Crippen MR) is 94.9 cm³/mol. The van der Waals surface area contributed by atoms with E-state index in [4.69, 9.17) is 0 Å². The molecule has 0 radical (unpaired) electrons. The van der Waals surface area contributed by atoms with Gasteiger partial charge in [-0.2, -0.15) is 0 Å². The second-order valence-electron chi connectivity index (χ2n) is 5.70. The number of amides is 1. The molecule has 1 N–H and O–H groups in total. The van der Waals surface area contributed by atoms with Crippen molar-refractivity contribution in [3.63, 3.8) is 0 Å². The Kier molecular flexibility index (Phi) is 3.87. The molecule has 1 amide bonds. The van der Waals surface area contributed by atoms with E-state index in [1.165, 1.54) is 22.2 Å². The van der Waals surface area contributed by atoms with Gasteiger partial charge in [-0.1, -0.05) is 23.9 Å². The first-order valence-electron chi connectivity index (χ1n) is 7.66. The second kappa shape index (κ2) is 6.02. The van der Waals surface area contributed by atoms with Crippen molar-refractivity contribution < 1.29 is 4.79 Å². The van der Waals surface area contributed by atoms with Gasteiger partial charge < -0.3 is 9.88 Å². The highest BCUT2D eigenvalue weighted by Crippen LogP contribution is 2.28. The molecule has 118 valence electrons. The summed E-state index contributed by atoms with van der Waals surface area (Å²) in [7, 11) is 0. The number of nitrogens with zero attached hydrogens (tertiary/aromatic N) is 2. The number of hydrogen-bond acceptors (Lipinski definition) is 4. The van der Waals surface area contributed by atoms with E-state index >= 15 is 0 Å². The Labute approximate surface area is 142 Å². The fourth-order valence-electron chi connectivity index (χ4n) is 2.90. The Bertz CT molecular complexity index is 821. The standard InChI is InChI=1S/C17H17N3OS2/c1-11(23-17-18-13-4-2-3-5-14(13)19-17)16(21)20-8-6-15-12(10-20)7-9-22-15/h2-5,7,9,11H,6,8,10H2,1H3,(H,18,19). The normalized spacial score (nSPS) is 15.6. The van der Waals surface area contributed by atoms with Gasteiger partial charge in [0.05, 0.1) is 16.3 Å². The minimum absolute atomic E-state index is 0.143. The van der Waals surface area contributed by atoms with Crippen molar-refractivity contribution in [3.05, 3.63) is 46.2 Å². The van der Waals surface area contributed by atoms with Crippen LogP contribution in [0.3, 0.4) is 0 Å². The lowest BCUT2D eigenvalue weighted by molar-refractivity contribution is -0.131. The summed E-state index contributed by atoms with van der Waals surface area (Å²) in [4.78, 5) is 23.9. The first kappa shape index (κ1) is 14.8. The van der Waals surface area contributed by atoms with Crippen LogP contribution in [0, 0.1) is 0 Å². The molecule has 0 saturated heterocycles. The number of para-hydroxylation sites is 2. The number of carbonyl (C=O) groups is 1. The highest BCUT2D eigenvalue weighted by Gasteiger charge is 2.26. The monoisotopic (exact) mass is 343 g/mol. The largest absolute Gasteiger partial charge is 0.337 e. The van der Waals surface area contributed by atoms with Crippen molar-refractivity contribution in [3.8, 4) is 0 Å². The number of benzene rings is 1. The molecular weight excluding hydrogens is 326 g/mol. The number of H-pyrrole nitrogens is 1. The van der Waals surface area contributed by atoms with Crippen molar-refractivity contribution in [2.24, 2.45) is 0 Å². The Morgan fingerprint density at radius 3 is 3.13 bits per heavy atom. The number of hydrogen-bond donors (Lipinski definition) is 1. The number of carbonyl (C=O) groups excluding carboxylic acids is 1. The third-order valence-electron chi connectivity index (χ3n) is 4.12. The van der Waals surface area contributed by atoms with Crippen LogP contribution in [0.4, 0.5) is 0 Å². The summed E-state index contributed by atoms with van der Waals surface area (Å²) >= 11 is 3.29. The molecule has 0 saturated carbocycles. The average Bonchev–Trinajstić information content (AvgIpc) is 3.18. The van der Waals surface area contributed by atoms with Gasteiger partial charge in [-0.05, 0) is 42.5 Å². The van der Waals surface area contributed by atoms with Crippen molar-refractivity contribution in [2.45, 2.75) is 30.3 Å². The summed E-state index contributed by atoms with van der Waals surface area (Å²) in [6, 6.07) is 10.1. The summed E-state index contributed by atoms with van der Waals surface area (Å²) < 4.78 is 0. The Balaban J connectivity index is 1.46. The molecular formula is C17H17N3OS2. The summed E-state index contributed by atoms with van der Waals surface area (Å²) in [5, 5.41) is 2.78. The number of rotatable bonds is 3. The van der Waals surface area contributed by atoms with Crippen LogP contribution in [-0.2, 0) is 17.8 Å². The summed E-state index contributed by atoms with van der Waals surface area (Å²) in [5.74, 6) is 0.187. The lowest BCUT2D eigenvalue weighted by atomic mass is 10.1. The number of fused-ring (bicyclic) bond motifs is 2. The Morgan fingerprint density at radius 1 is 1.39 bits per heavy atom. The van der Waals surface area contributed by atoms with Gasteiger partial charge in [0.25, 0.3) is 0 Å². The molecule has 0 aliphatic carbocycles. The fourth-order valence-corrected chi connectivity index (χ4v) is 4.69. The van der Waals surface area contributed by atoms with E-state index in [1.54, 1.807) is 11.3 Å². The molecule has 23 heavy (non-hydrogen) atoms. The molecule has 3 aromatic rings. The maximum absolute atomic E-state index is 12.7. The molecule has 1 unspecified atom stereocenters. The number of nitrogens with one attached hydrogen (secondary N) is 1. The van der Waals surface area contributed by atoms with E-state index in [1.807, 2.05) is 36.1 Å². The minimum Gasteiger partial charge on any atom is -0.337 e. The number of aromatic nitrogens is 2. The van der Waals surface area contributed by atoms with Crippen LogP contribution in [0.1, 0.15) is 17.4 Å². The SMILES string of the molecule is CC(Sc1nc2ccccc2[nH]1)C(=O)N1CCc2sccc2C1. The molecule has 1 aromatic carbocycles. The summed E-state index contributed by atoms with van der Waals surface area (Å²) in [6.45, 7) is 3.52. The smallest absolute Gasteiger partial charge is 0.236 e. The summed E-state index contributed by atoms with van der Waals surface area (Å²) in [5.41, 5.74) is 3.25. The highest BCUT2D eigenvalue weighted by molar-refractivity contribution is 8.00. The van der Waals surface area contributed by atoms with Crippen LogP contribution < -0.4 is 0 Å². The van der Waals surface area contributed by atoms with E-state index in [9.17, 15) is 4.79 Å². The molecule has 6 heteroatoms. The zero-order chi connectivity index (χ0) is 15.8. The number of imidazole rings is 1. The van der Waals surface area contributed by atoms with Gasteiger partial charge in [0.2, 0.25) is 5.91 Å². The average molecular weight is 343 g/mol. The first-order valence-corrected chi connectivity index (χ1v) is 9.42. The van der Waals surface area contributed by atoms with Crippen LogP contribution in [0.25, 0.3) is 11.0 Å². The third kappa shape index (κ3) is 2.88. The number of thiophene rings is 1. The fraction of sp³-hybridized carbons (Fsp3) is 0.294. The predicted octanol–water partition coefficient (Wildman–Crippen LogP) is 3.69. The molecule has 1 aliphatic rings. The van der Waals surface area contributed by atoms with E-state index in [-0.39, 0.29) is 11.2 Å². The second-order valence-corrected chi connectivity index (χ2v) is 8.03.